The number of carboxylic acid groups (broad SMARTS) is 1. The molecule has 0 atom stereocenters. The number of rotatable bonds is 8. The molecule has 0 spiro atoms. The highest BCUT2D eigenvalue weighted by Crippen LogP contribution is 2.27. The lowest BCUT2D eigenvalue weighted by Gasteiger charge is -2.22. The van der Waals surface area contributed by atoms with Crippen LogP contribution < -0.4 is 4.74 Å². The summed E-state index contributed by atoms with van der Waals surface area (Å²) in [4.78, 5) is 31.1. The maximum Gasteiger partial charge on any atom is 0.323 e. The van der Waals surface area contributed by atoms with Gasteiger partial charge in [0.05, 0.1) is 23.9 Å². The van der Waals surface area contributed by atoms with Gasteiger partial charge in [0, 0.05) is 17.5 Å². The van der Waals surface area contributed by atoms with E-state index in [2.05, 4.69) is 0 Å². The van der Waals surface area contributed by atoms with Crippen molar-refractivity contribution in [1.82, 2.24) is 9.88 Å². The summed E-state index contributed by atoms with van der Waals surface area (Å²) in [5.74, 6) is -1.29. The van der Waals surface area contributed by atoms with Gasteiger partial charge in [0.15, 0.2) is 0 Å². The molecule has 3 aromatic carbocycles. The highest BCUT2D eigenvalue weighted by Gasteiger charge is 2.22. The number of hydrogen-bond acceptors (Lipinski definition) is 4. The molecule has 1 N–H and O–H groups in total. The summed E-state index contributed by atoms with van der Waals surface area (Å²) in [6, 6.07) is 22.4. The summed E-state index contributed by atoms with van der Waals surface area (Å²) < 4.78 is 19.3. The van der Waals surface area contributed by atoms with E-state index < -0.39 is 18.4 Å². The van der Waals surface area contributed by atoms with E-state index in [-0.39, 0.29) is 18.8 Å². The lowest BCUT2D eigenvalue weighted by Crippen LogP contribution is -2.37. The fourth-order valence-electron chi connectivity index (χ4n) is 3.80. The smallest absolute Gasteiger partial charge is 0.323 e. The van der Waals surface area contributed by atoms with Gasteiger partial charge in [-0.15, -0.1) is 0 Å². The molecular weight excluding hydrogens is 435 g/mol. The number of aliphatic carboxylic acids is 1. The number of halogens is 1. The third-order valence-electron chi connectivity index (χ3n) is 5.55. The molecule has 6 nitrogen and oxygen atoms in total. The number of ether oxygens (including phenoxy) is 1. The molecule has 0 bridgehead atoms. The Labute approximate surface area is 196 Å². The van der Waals surface area contributed by atoms with E-state index in [0.29, 0.717) is 33.5 Å². The first-order valence-corrected chi connectivity index (χ1v) is 10.7. The van der Waals surface area contributed by atoms with E-state index in [4.69, 9.17) is 9.72 Å². The molecule has 0 unspecified atom stereocenters. The number of benzene rings is 3. The van der Waals surface area contributed by atoms with Gasteiger partial charge >= 0.3 is 5.97 Å². The number of methoxy groups -OCH3 is 1. The van der Waals surface area contributed by atoms with E-state index in [1.165, 1.54) is 11.0 Å². The van der Waals surface area contributed by atoms with Gasteiger partial charge in [-0.1, -0.05) is 36.4 Å². The van der Waals surface area contributed by atoms with Crippen molar-refractivity contribution in [1.29, 1.82) is 0 Å². The van der Waals surface area contributed by atoms with Crippen molar-refractivity contribution >= 4 is 22.8 Å². The Bertz CT molecular complexity index is 1340. The summed E-state index contributed by atoms with van der Waals surface area (Å²) in [6.07, 6.45) is 0.194. The van der Waals surface area contributed by atoms with Gasteiger partial charge in [-0.2, -0.15) is 0 Å². The molecule has 34 heavy (non-hydrogen) atoms. The minimum atomic E-state index is -1.14. The third kappa shape index (κ3) is 5.04. The first-order valence-electron chi connectivity index (χ1n) is 10.7. The normalized spacial score (nSPS) is 10.8. The Balaban J connectivity index is 1.73. The minimum absolute atomic E-state index is 0.0561. The quantitative estimate of drug-likeness (QED) is 0.410. The second kappa shape index (κ2) is 10.1. The van der Waals surface area contributed by atoms with E-state index in [9.17, 15) is 19.1 Å². The van der Waals surface area contributed by atoms with Crippen LogP contribution in [0.15, 0.2) is 78.9 Å². The lowest BCUT2D eigenvalue weighted by atomic mass is 10.0. The molecule has 4 rings (SSSR count). The number of carbonyl (C=O) groups is 2. The molecule has 1 aromatic heterocycles. The van der Waals surface area contributed by atoms with Crippen molar-refractivity contribution in [2.24, 2.45) is 0 Å². The van der Waals surface area contributed by atoms with Gasteiger partial charge in [0.25, 0.3) is 5.91 Å². The molecule has 0 aliphatic carbocycles. The van der Waals surface area contributed by atoms with Crippen molar-refractivity contribution < 1.29 is 23.8 Å². The number of pyridine rings is 1. The second-order valence-corrected chi connectivity index (χ2v) is 7.76. The first-order chi connectivity index (χ1) is 16.5. The maximum atomic E-state index is 14.1. The summed E-state index contributed by atoms with van der Waals surface area (Å²) in [5, 5.41) is 10.1. The van der Waals surface area contributed by atoms with Gasteiger partial charge in [0.1, 0.15) is 18.1 Å². The van der Waals surface area contributed by atoms with Crippen molar-refractivity contribution in [3.8, 4) is 17.0 Å². The Kier molecular flexibility index (Phi) is 6.82. The third-order valence-corrected chi connectivity index (χ3v) is 5.55. The summed E-state index contributed by atoms with van der Waals surface area (Å²) in [6.45, 7) is -0.442. The molecule has 1 heterocycles. The highest BCUT2D eigenvalue weighted by atomic mass is 19.1. The van der Waals surface area contributed by atoms with Crippen molar-refractivity contribution in [3.05, 3.63) is 95.8 Å². The van der Waals surface area contributed by atoms with Crippen molar-refractivity contribution in [2.75, 3.05) is 20.2 Å². The first kappa shape index (κ1) is 22.9. The molecule has 1 amide bonds. The molecule has 7 heteroatoms. The number of para-hydroxylation sites is 1. The zero-order valence-corrected chi connectivity index (χ0v) is 18.6. The van der Waals surface area contributed by atoms with Gasteiger partial charge < -0.3 is 14.7 Å². The number of aromatic nitrogens is 1. The van der Waals surface area contributed by atoms with Gasteiger partial charge in [-0.3, -0.25) is 9.59 Å². The van der Waals surface area contributed by atoms with E-state index in [1.54, 1.807) is 61.7 Å². The van der Waals surface area contributed by atoms with Crippen LogP contribution in [0.1, 0.15) is 15.9 Å². The predicted octanol–water partition coefficient (Wildman–Crippen LogP) is 4.82. The maximum absolute atomic E-state index is 14.1. The Morgan fingerprint density at radius 3 is 2.41 bits per heavy atom. The molecule has 0 saturated carbocycles. The SMILES string of the molecule is COc1ccc(-c2cc(C(=O)N(CCc3ccccc3F)CC(=O)O)c3ccccc3n2)cc1. The number of carboxylic acids is 1. The molecule has 0 aliphatic heterocycles. The van der Waals surface area contributed by atoms with Crippen LogP contribution in [0, 0.1) is 5.82 Å². The van der Waals surface area contributed by atoms with Crippen LogP contribution in [-0.2, 0) is 11.2 Å². The fourth-order valence-corrected chi connectivity index (χ4v) is 3.80. The van der Waals surface area contributed by atoms with Crippen LogP contribution in [0.3, 0.4) is 0 Å². The monoisotopic (exact) mass is 458 g/mol. The molecule has 172 valence electrons. The lowest BCUT2D eigenvalue weighted by molar-refractivity contribution is -0.137. The number of carbonyl (C=O) groups excluding carboxylic acids is 1. The molecule has 0 aliphatic rings. The average molecular weight is 458 g/mol. The second-order valence-electron chi connectivity index (χ2n) is 7.76. The van der Waals surface area contributed by atoms with E-state index in [1.807, 2.05) is 18.2 Å². The number of hydrogen-bond donors (Lipinski definition) is 1. The topological polar surface area (TPSA) is 79.7 Å². The van der Waals surface area contributed by atoms with Gasteiger partial charge in [-0.25, -0.2) is 9.37 Å². The Hall–Kier alpha value is -4.26. The highest BCUT2D eigenvalue weighted by molar-refractivity contribution is 6.07. The largest absolute Gasteiger partial charge is 0.497 e. The van der Waals surface area contributed by atoms with Crippen LogP contribution in [0.25, 0.3) is 22.2 Å². The molecule has 4 aromatic rings. The summed E-state index contributed by atoms with van der Waals surface area (Å²) >= 11 is 0. The molecular formula is C27H23FN2O4. The molecule has 0 radical (unpaired) electrons. The van der Waals surface area contributed by atoms with Crippen LogP contribution in [0.2, 0.25) is 0 Å². The molecule has 0 fully saturated rings. The summed E-state index contributed by atoms with van der Waals surface area (Å²) in [7, 11) is 1.58. The average Bonchev–Trinajstić information content (AvgIpc) is 2.86. The zero-order chi connectivity index (χ0) is 24.1. The number of amides is 1. The predicted molar refractivity (Wildman–Crippen MR) is 127 cm³/mol. The Morgan fingerprint density at radius 1 is 1.00 bits per heavy atom. The van der Waals surface area contributed by atoms with Crippen molar-refractivity contribution in [2.45, 2.75) is 6.42 Å². The van der Waals surface area contributed by atoms with E-state index >= 15 is 0 Å². The minimum Gasteiger partial charge on any atom is -0.497 e. The standard InChI is InChI=1S/C27H23FN2O4/c1-34-20-12-10-19(11-13-20)25-16-22(21-7-3-5-9-24(21)29-25)27(33)30(17-26(31)32)15-14-18-6-2-4-8-23(18)28/h2-13,16H,14-15,17H2,1H3,(H,31,32). The zero-order valence-electron chi connectivity index (χ0n) is 18.6. The Morgan fingerprint density at radius 2 is 1.71 bits per heavy atom. The van der Waals surface area contributed by atoms with E-state index in [0.717, 1.165) is 5.56 Å². The number of fused-ring (bicyclic) bond motifs is 1. The van der Waals surface area contributed by atoms with Crippen LogP contribution in [0.5, 0.6) is 5.75 Å². The van der Waals surface area contributed by atoms with Crippen LogP contribution in [-0.4, -0.2) is 47.1 Å². The summed E-state index contributed by atoms with van der Waals surface area (Å²) in [5.41, 5.74) is 2.74. The molecule has 0 saturated heterocycles. The van der Waals surface area contributed by atoms with Crippen LogP contribution in [0.4, 0.5) is 4.39 Å². The van der Waals surface area contributed by atoms with Crippen LogP contribution >= 0.6 is 0 Å². The van der Waals surface area contributed by atoms with Gasteiger partial charge in [-0.05, 0) is 54.4 Å². The number of nitrogens with zero attached hydrogens (tertiary/aromatic N) is 2. The van der Waals surface area contributed by atoms with Crippen molar-refractivity contribution in [3.63, 3.8) is 0 Å². The van der Waals surface area contributed by atoms with Gasteiger partial charge in [0.2, 0.25) is 0 Å². The fraction of sp³-hybridized carbons (Fsp3) is 0.148.